The van der Waals surface area contributed by atoms with Crippen molar-refractivity contribution in [2.75, 3.05) is 0 Å². The van der Waals surface area contributed by atoms with Crippen LogP contribution in [-0.2, 0) is 0 Å². The smallest absolute Gasteiger partial charge is 0.102 e. The van der Waals surface area contributed by atoms with Crippen LogP contribution in [0.3, 0.4) is 0 Å². The largest absolute Gasteiger partial charge is 0.212 e. The topological polar surface area (TPSA) is 0 Å². The highest BCUT2D eigenvalue weighted by atomic mass is 35.5. The Kier molecular flexibility index (Phi) is 1.69. The van der Waals surface area contributed by atoms with Gasteiger partial charge in [0.2, 0.25) is 0 Å². The SMILES string of the molecule is FC1=CC(Cl)=C[CH]C1. The Bertz CT molecular complexity index is 147. The van der Waals surface area contributed by atoms with Crippen molar-refractivity contribution in [2.24, 2.45) is 0 Å². The van der Waals surface area contributed by atoms with Gasteiger partial charge in [-0.25, -0.2) is 4.39 Å². The van der Waals surface area contributed by atoms with Gasteiger partial charge in [0.15, 0.2) is 0 Å². The number of hydrogen-bond acceptors (Lipinski definition) is 0. The summed E-state index contributed by atoms with van der Waals surface area (Å²) < 4.78 is 12.1. The van der Waals surface area contributed by atoms with Crippen LogP contribution >= 0.6 is 11.6 Å². The molecule has 0 aromatic heterocycles. The van der Waals surface area contributed by atoms with Crippen molar-refractivity contribution in [1.82, 2.24) is 0 Å². The minimum atomic E-state index is -0.169. The second-order valence-electron chi connectivity index (χ2n) is 1.58. The molecule has 0 amide bonds. The minimum Gasteiger partial charge on any atom is -0.212 e. The fourth-order valence-electron chi connectivity index (χ4n) is 0.541. The molecule has 8 heavy (non-hydrogen) atoms. The van der Waals surface area contributed by atoms with Crippen LogP contribution in [-0.4, -0.2) is 0 Å². The van der Waals surface area contributed by atoms with Crippen LogP contribution in [0.25, 0.3) is 0 Å². The van der Waals surface area contributed by atoms with Crippen LogP contribution < -0.4 is 0 Å². The van der Waals surface area contributed by atoms with E-state index in [1.54, 1.807) is 12.5 Å². The van der Waals surface area contributed by atoms with Gasteiger partial charge in [0.1, 0.15) is 5.83 Å². The summed E-state index contributed by atoms with van der Waals surface area (Å²) in [5.41, 5.74) is 0. The second-order valence-corrected chi connectivity index (χ2v) is 2.02. The summed E-state index contributed by atoms with van der Waals surface area (Å²) in [4.78, 5) is 0. The van der Waals surface area contributed by atoms with Crippen molar-refractivity contribution in [1.29, 1.82) is 0 Å². The van der Waals surface area contributed by atoms with Gasteiger partial charge in [-0.1, -0.05) is 17.7 Å². The van der Waals surface area contributed by atoms with E-state index >= 15 is 0 Å². The zero-order valence-corrected chi connectivity index (χ0v) is 4.95. The molecule has 0 N–H and O–H groups in total. The summed E-state index contributed by atoms with van der Waals surface area (Å²) in [6.45, 7) is 0. The predicted molar refractivity (Wildman–Crippen MR) is 32.0 cm³/mol. The van der Waals surface area contributed by atoms with Gasteiger partial charge in [0.05, 0.1) is 0 Å². The van der Waals surface area contributed by atoms with Crippen LogP contribution in [0.4, 0.5) is 4.39 Å². The van der Waals surface area contributed by atoms with Crippen LogP contribution in [0.2, 0.25) is 0 Å². The quantitative estimate of drug-likeness (QED) is 0.474. The van der Waals surface area contributed by atoms with Crippen LogP contribution in [0.5, 0.6) is 0 Å². The fraction of sp³-hybridized carbons (Fsp3) is 0.167. The molecular formula is C6H5ClF. The predicted octanol–water partition coefficient (Wildman–Crippen LogP) is 2.57. The lowest BCUT2D eigenvalue weighted by atomic mass is 10.2. The summed E-state index contributed by atoms with van der Waals surface area (Å²) in [7, 11) is 0. The maximum atomic E-state index is 12.1. The molecule has 1 rings (SSSR count). The molecule has 1 aliphatic rings. The molecule has 43 valence electrons. The van der Waals surface area contributed by atoms with E-state index < -0.39 is 0 Å². The molecule has 0 heterocycles. The van der Waals surface area contributed by atoms with Crippen molar-refractivity contribution >= 4 is 11.6 Å². The lowest BCUT2D eigenvalue weighted by molar-refractivity contribution is 0.609. The van der Waals surface area contributed by atoms with Gasteiger partial charge in [0, 0.05) is 11.5 Å². The minimum absolute atomic E-state index is 0.169. The molecule has 2 heteroatoms. The van der Waals surface area contributed by atoms with E-state index in [1.807, 2.05) is 0 Å². The normalized spacial score (nSPS) is 19.8. The Labute approximate surface area is 52.6 Å². The van der Waals surface area contributed by atoms with Gasteiger partial charge in [0.25, 0.3) is 0 Å². The lowest BCUT2D eigenvalue weighted by Crippen LogP contribution is -1.82. The number of allylic oxidation sites excluding steroid dienone is 4. The zero-order chi connectivity index (χ0) is 5.98. The summed E-state index contributed by atoms with van der Waals surface area (Å²) in [5, 5.41) is 0.466. The van der Waals surface area contributed by atoms with Crippen LogP contribution in [0.15, 0.2) is 23.0 Å². The third-order valence-electron chi connectivity index (χ3n) is 0.884. The maximum Gasteiger partial charge on any atom is 0.102 e. The molecule has 1 radical (unpaired) electrons. The van der Waals surface area contributed by atoms with Gasteiger partial charge in [-0.3, -0.25) is 0 Å². The van der Waals surface area contributed by atoms with E-state index in [9.17, 15) is 4.39 Å². The highest BCUT2D eigenvalue weighted by Gasteiger charge is 2.00. The maximum absolute atomic E-state index is 12.1. The first kappa shape index (κ1) is 5.83. The molecule has 0 bridgehead atoms. The number of halogens is 2. The van der Waals surface area contributed by atoms with Crippen molar-refractivity contribution in [3.8, 4) is 0 Å². The van der Waals surface area contributed by atoms with Gasteiger partial charge in [-0.15, -0.1) is 0 Å². The molecule has 0 aliphatic heterocycles. The summed E-state index contributed by atoms with van der Waals surface area (Å²) in [6, 6.07) is 0. The highest BCUT2D eigenvalue weighted by molar-refractivity contribution is 6.31. The molecule has 0 aromatic carbocycles. The van der Waals surface area contributed by atoms with E-state index in [-0.39, 0.29) is 5.83 Å². The first-order valence-corrected chi connectivity index (χ1v) is 2.72. The molecule has 0 saturated heterocycles. The fourth-order valence-corrected chi connectivity index (χ4v) is 0.748. The average Bonchev–Trinajstić information content (AvgIpc) is 1.64. The van der Waals surface area contributed by atoms with Crippen molar-refractivity contribution in [2.45, 2.75) is 6.42 Å². The molecule has 0 aromatic rings. The first-order valence-electron chi connectivity index (χ1n) is 2.34. The van der Waals surface area contributed by atoms with E-state index in [1.165, 1.54) is 6.08 Å². The number of rotatable bonds is 0. The molecule has 0 fully saturated rings. The lowest BCUT2D eigenvalue weighted by Gasteiger charge is -1.99. The summed E-state index contributed by atoms with van der Waals surface area (Å²) in [5.74, 6) is -0.169. The van der Waals surface area contributed by atoms with E-state index in [0.29, 0.717) is 11.5 Å². The molecular weight excluding hydrogens is 127 g/mol. The monoisotopic (exact) mass is 131 g/mol. The third-order valence-corrected chi connectivity index (χ3v) is 1.12. The van der Waals surface area contributed by atoms with Gasteiger partial charge in [-0.2, -0.15) is 0 Å². The average molecular weight is 132 g/mol. The summed E-state index contributed by atoms with van der Waals surface area (Å²) >= 11 is 5.42. The summed E-state index contributed by atoms with van der Waals surface area (Å²) in [6.07, 6.45) is 5.08. The molecule has 0 spiro atoms. The molecule has 0 unspecified atom stereocenters. The van der Waals surface area contributed by atoms with E-state index in [2.05, 4.69) is 0 Å². The van der Waals surface area contributed by atoms with E-state index in [0.717, 1.165) is 0 Å². The van der Waals surface area contributed by atoms with Gasteiger partial charge < -0.3 is 0 Å². The van der Waals surface area contributed by atoms with Gasteiger partial charge >= 0.3 is 0 Å². The van der Waals surface area contributed by atoms with E-state index in [4.69, 9.17) is 11.6 Å². The van der Waals surface area contributed by atoms with Crippen molar-refractivity contribution in [3.05, 3.63) is 29.4 Å². The Balaban J connectivity index is 2.69. The molecule has 0 saturated carbocycles. The first-order chi connectivity index (χ1) is 3.79. The third kappa shape index (κ3) is 1.34. The molecule has 1 aliphatic carbocycles. The molecule has 0 atom stereocenters. The number of hydrogen-bond donors (Lipinski definition) is 0. The highest BCUT2D eigenvalue weighted by Crippen LogP contribution is 2.18. The van der Waals surface area contributed by atoms with Crippen molar-refractivity contribution in [3.63, 3.8) is 0 Å². The van der Waals surface area contributed by atoms with Crippen LogP contribution in [0.1, 0.15) is 6.42 Å². The standard InChI is InChI=1S/C6H5ClF/c7-5-2-1-3-6(8)4-5/h1-2,4H,3H2. The molecule has 0 nitrogen and oxygen atoms in total. The Morgan fingerprint density at radius 1 is 1.62 bits per heavy atom. The van der Waals surface area contributed by atoms with Crippen LogP contribution in [0, 0.1) is 6.42 Å². The Morgan fingerprint density at radius 2 is 2.38 bits per heavy atom. The second kappa shape index (κ2) is 2.31. The van der Waals surface area contributed by atoms with Crippen molar-refractivity contribution < 1.29 is 4.39 Å². The van der Waals surface area contributed by atoms with Gasteiger partial charge in [-0.05, 0) is 12.5 Å². The Morgan fingerprint density at radius 3 is 2.75 bits per heavy atom. The zero-order valence-electron chi connectivity index (χ0n) is 4.20. The Hall–Kier alpha value is -0.300.